The zero-order valence-corrected chi connectivity index (χ0v) is 20.1. The largest absolute Gasteiger partial charge is 0.379 e. The second kappa shape index (κ2) is 10.9. The lowest BCUT2D eigenvalue weighted by Crippen LogP contribution is -2.41. The maximum absolute atomic E-state index is 12.9. The van der Waals surface area contributed by atoms with Gasteiger partial charge in [-0.05, 0) is 46.5 Å². The van der Waals surface area contributed by atoms with Crippen molar-refractivity contribution in [1.29, 1.82) is 0 Å². The number of aryl methyl sites for hydroxylation is 1. The van der Waals surface area contributed by atoms with E-state index in [1.165, 1.54) is 5.56 Å². The first-order valence-corrected chi connectivity index (χ1v) is 12.1. The minimum absolute atomic E-state index is 0.0541. The fraction of sp³-hybridized carbons (Fsp3) is 0.385. The summed E-state index contributed by atoms with van der Waals surface area (Å²) in [5, 5.41) is 13.5. The third-order valence-corrected chi connectivity index (χ3v) is 6.45. The molecule has 182 valence electrons. The molecule has 1 saturated heterocycles. The van der Waals surface area contributed by atoms with Crippen LogP contribution in [0.25, 0.3) is 10.9 Å². The molecule has 1 aliphatic heterocycles. The van der Waals surface area contributed by atoms with Crippen LogP contribution in [-0.2, 0) is 24.4 Å². The van der Waals surface area contributed by atoms with Crippen LogP contribution >= 0.6 is 0 Å². The molecule has 1 aliphatic rings. The van der Waals surface area contributed by atoms with Gasteiger partial charge in [0.05, 0.1) is 26.3 Å². The number of pyridine rings is 1. The Kier molecular flexibility index (Phi) is 7.27. The van der Waals surface area contributed by atoms with Crippen LogP contribution in [0.3, 0.4) is 0 Å². The standard InChI is InChI=1S/C26H31N7O2/c1-20-7-8-24-22(15-20)16-23(26(34)27-24)18-32(10-9-31-11-13-35-14-12-31)19-25-28-29-30-33(25)17-21-5-3-2-4-6-21/h2-8,15-16H,9-14,17-19H2,1H3,(H,27,34). The molecule has 0 unspecified atom stereocenters. The molecule has 9 nitrogen and oxygen atoms in total. The van der Waals surface area contributed by atoms with Crippen molar-refractivity contribution in [2.24, 2.45) is 0 Å². The normalized spacial score (nSPS) is 14.7. The molecule has 0 spiro atoms. The van der Waals surface area contributed by atoms with Crippen molar-refractivity contribution in [3.8, 4) is 0 Å². The van der Waals surface area contributed by atoms with Gasteiger partial charge in [0.2, 0.25) is 0 Å². The second-order valence-corrected chi connectivity index (χ2v) is 9.12. The maximum atomic E-state index is 12.9. The number of tetrazole rings is 1. The quantitative estimate of drug-likeness (QED) is 0.398. The Bertz CT molecular complexity index is 1310. The fourth-order valence-corrected chi connectivity index (χ4v) is 4.47. The van der Waals surface area contributed by atoms with Crippen LogP contribution in [0.15, 0.2) is 59.4 Å². The molecule has 4 aromatic rings. The molecule has 5 rings (SSSR count). The first-order chi connectivity index (χ1) is 17.1. The SMILES string of the molecule is Cc1ccc2[nH]c(=O)c(CN(CCN3CCOCC3)Cc3nnnn3Cc3ccccc3)cc2c1. The Morgan fingerprint density at radius 3 is 2.71 bits per heavy atom. The van der Waals surface area contributed by atoms with Crippen LogP contribution in [0, 0.1) is 6.92 Å². The molecule has 9 heteroatoms. The summed E-state index contributed by atoms with van der Waals surface area (Å²) in [7, 11) is 0. The highest BCUT2D eigenvalue weighted by atomic mass is 16.5. The summed E-state index contributed by atoms with van der Waals surface area (Å²) < 4.78 is 7.33. The number of fused-ring (bicyclic) bond motifs is 1. The number of hydrogen-bond donors (Lipinski definition) is 1. The smallest absolute Gasteiger partial charge is 0.252 e. The number of nitrogens with one attached hydrogen (secondary N) is 1. The Morgan fingerprint density at radius 1 is 1.06 bits per heavy atom. The van der Waals surface area contributed by atoms with Gasteiger partial charge in [-0.2, -0.15) is 0 Å². The van der Waals surface area contributed by atoms with Crippen molar-refractivity contribution in [3.05, 3.63) is 87.5 Å². The molecule has 2 aromatic carbocycles. The van der Waals surface area contributed by atoms with E-state index in [2.05, 4.69) is 55.4 Å². The number of aromatic nitrogens is 5. The molecule has 0 bridgehead atoms. The van der Waals surface area contributed by atoms with Crippen LogP contribution in [-0.4, -0.2) is 74.4 Å². The number of benzene rings is 2. The Hall–Kier alpha value is -3.40. The molecular formula is C26H31N7O2. The number of hydrogen-bond acceptors (Lipinski definition) is 7. The number of morpholine rings is 1. The van der Waals surface area contributed by atoms with Gasteiger partial charge in [0.1, 0.15) is 0 Å². The molecule has 0 atom stereocenters. The van der Waals surface area contributed by atoms with Crippen molar-refractivity contribution in [3.63, 3.8) is 0 Å². The summed E-state index contributed by atoms with van der Waals surface area (Å²) in [6.07, 6.45) is 0. The summed E-state index contributed by atoms with van der Waals surface area (Å²) >= 11 is 0. The van der Waals surface area contributed by atoms with Gasteiger partial charge in [-0.25, -0.2) is 4.68 Å². The first kappa shape index (κ1) is 23.3. The number of rotatable bonds is 9. The van der Waals surface area contributed by atoms with E-state index < -0.39 is 0 Å². The molecule has 0 aliphatic carbocycles. The monoisotopic (exact) mass is 473 g/mol. The zero-order valence-electron chi connectivity index (χ0n) is 20.1. The molecule has 0 saturated carbocycles. The lowest BCUT2D eigenvalue weighted by Gasteiger charge is -2.29. The van der Waals surface area contributed by atoms with Gasteiger partial charge in [-0.15, -0.1) is 5.10 Å². The summed E-state index contributed by atoms with van der Waals surface area (Å²) in [5.74, 6) is 0.781. The van der Waals surface area contributed by atoms with Gasteiger partial charge in [-0.1, -0.05) is 42.0 Å². The second-order valence-electron chi connectivity index (χ2n) is 9.12. The summed E-state index contributed by atoms with van der Waals surface area (Å²) in [4.78, 5) is 20.6. The third-order valence-electron chi connectivity index (χ3n) is 6.45. The average molecular weight is 474 g/mol. The van der Waals surface area contributed by atoms with E-state index in [9.17, 15) is 4.79 Å². The number of nitrogens with zero attached hydrogens (tertiary/aromatic N) is 6. The average Bonchev–Trinajstić information content (AvgIpc) is 3.30. The van der Waals surface area contributed by atoms with Gasteiger partial charge in [0, 0.05) is 43.8 Å². The lowest BCUT2D eigenvalue weighted by atomic mass is 10.1. The fourth-order valence-electron chi connectivity index (χ4n) is 4.47. The molecular weight excluding hydrogens is 442 g/mol. The predicted octanol–water partition coefficient (Wildman–Crippen LogP) is 2.21. The molecule has 35 heavy (non-hydrogen) atoms. The van der Waals surface area contributed by atoms with E-state index in [0.717, 1.165) is 67.2 Å². The van der Waals surface area contributed by atoms with Crippen molar-refractivity contribution >= 4 is 10.9 Å². The first-order valence-electron chi connectivity index (χ1n) is 12.1. The molecule has 1 N–H and O–H groups in total. The highest BCUT2D eigenvalue weighted by Crippen LogP contribution is 2.15. The van der Waals surface area contributed by atoms with Crippen LogP contribution in [0.1, 0.15) is 22.5 Å². The van der Waals surface area contributed by atoms with E-state index in [4.69, 9.17) is 4.74 Å². The van der Waals surface area contributed by atoms with Gasteiger partial charge in [0.25, 0.3) is 5.56 Å². The molecule has 2 aromatic heterocycles. The Morgan fingerprint density at radius 2 is 1.89 bits per heavy atom. The van der Waals surface area contributed by atoms with Gasteiger partial charge in [-0.3, -0.25) is 14.6 Å². The van der Waals surface area contributed by atoms with Crippen molar-refractivity contribution in [1.82, 2.24) is 35.0 Å². The molecule has 3 heterocycles. The van der Waals surface area contributed by atoms with Crippen molar-refractivity contribution in [2.75, 3.05) is 39.4 Å². The summed E-state index contributed by atoms with van der Waals surface area (Å²) in [6.45, 7) is 8.81. The van der Waals surface area contributed by atoms with Crippen molar-refractivity contribution in [2.45, 2.75) is 26.6 Å². The highest BCUT2D eigenvalue weighted by molar-refractivity contribution is 5.79. The van der Waals surface area contributed by atoms with E-state index in [0.29, 0.717) is 19.6 Å². The topological polar surface area (TPSA) is 92.2 Å². The summed E-state index contributed by atoms with van der Waals surface area (Å²) in [5.41, 5.74) is 3.85. The lowest BCUT2D eigenvalue weighted by molar-refractivity contribution is 0.0322. The molecule has 0 radical (unpaired) electrons. The molecule has 1 fully saturated rings. The van der Waals surface area contributed by atoms with E-state index in [-0.39, 0.29) is 5.56 Å². The third kappa shape index (κ3) is 6.00. The number of aromatic amines is 1. The van der Waals surface area contributed by atoms with Crippen LogP contribution < -0.4 is 5.56 Å². The van der Waals surface area contributed by atoms with Crippen LogP contribution in [0.4, 0.5) is 0 Å². The minimum atomic E-state index is -0.0541. The van der Waals surface area contributed by atoms with Gasteiger partial charge < -0.3 is 9.72 Å². The Balaban J connectivity index is 1.37. The molecule has 0 amide bonds. The van der Waals surface area contributed by atoms with Crippen LogP contribution in [0.2, 0.25) is 0 Å². The van der Waals surface area contributed by atoms with Gasteiger partial charge >= 0.3 is 0 Å². The van der Waals surface area contributed by atoms with Crippen molar-refractivity contribution < 1.29 is 4.74 Å². The highest BCUT2D eigenvalue weighted by Gasteiger charge is 2.18. The maximum Gasteiger partial charge on any atom is 0.252 e. The Labute approximate surface area is 204 Å². The number of ether oxygens (including phenoxy) is 1. The van der Waals surface area contributed by atoms with E-state index in [1.54, 1.807) is 0 Å². The van der Waals surface area contributed by atoms with Gasteiger partial charge in [0.15, 0.2) is 5.82 Å². The van der Waals surface area contributed by atoms with E-state index in [1.807, 2.05) is 41.1 Å². The minimum Gasteiger partial charge on any atom is -0.379 e. The predicted molar refractivity (Wildman–Crippen MR) is 134 cm³/mol. The van der Waals surface area contributed by atoms with E-state index >= 15 is 0 Å². The summed E-state index contributed by atoms with van der Waals surface area (Å²) in [6, 6.07) is 18.3. The van der Waals surface area contributed by atoms with Crippen LogP contribution in [0.5, 0.6) is 0 Å². The number of H-pyrrole nitrogens is 1. The zero-order chi connectivity index (χ0) is 24.0.